The summed E-state index contributed by atoms with van der Waals surface area (Å²) in [6.07, 6.45) is 85.9. The summed E-state index contributed by atoms with van der Waals surface area (Å²) in [4.78, 5) is 37.5. The third-order valence-electron chi connectivity index (χ3n) is 14.5. The highest BCUT2D eigenvalue weighted by molar-refractivity contribution is 5.70. The SMILES string of the molecule is CC/C=C\C/C=C\C/C=C\C/C=C\C/C=C\C/C=C\CCCCCCCCC(=O)OC(COC(=O)CCCCCCCCCCCCCCCCCCCC/C=C\C/C=C\C/C=C\CCCCCCC)COC(OCC[N+](C)(C)C)C(=O)[O-]. The van der Waals surface area contributed by atoms with Gasteiger partial charge in [-0.2, -0.15) is 0 Å². The van der Waals surface area contributed by atoms with Crippen LogP contribution < -0.4 is 5.11 Å². The second-order valence-electron chi connectivity index (χ2n) is 23.7. The summed E-state index contributed by atoms with van der Waals surface area (Å²) in [6.45, 7) is 4.62. The second-order valence-corrected chi connectivity index (χ2v) is 23.7. The van der Waals surface area contributed by atoms with Crippen molar-refractivity contribution in [2.24, 2.45) is 0 Å². The number of carbonyl (C=O) groups is 3. The highest BCUT2D eigenvalue weighted by Gasteiger charge is 2.22. The number of unbranched alkanes of at least 4 members (excludes halogenated alkanes) is 29. The van der Waals surface area contributed by atoms with Crippen molar-refractivity contribution in [1.29, 1.82) is 0 Å². The van der Waals surface area contributed by atoms with Gasteiger partial charge in [-0.1, -0.05) is 277 Å². The van der Waals surface area contributed by atoms with Gasteiger partial charge in [0.15, 0.2) is 12.4 Å². The van der Waals surface area contributed by atoms with Crippen LogP contribution in [0.2, 0.25) is 0 Å². The largest absolute Gasteiger partial charge is 0.545 e. The van der Waals surface area contributed by atoms with Gasteiger partial charge in [-0.15, -0.1) is 0 Å². The molecule has 2 unspecified atom stereocenters. The van der Waals surface area contributed by atoms with Crippen LogP contribution in [0, 0.1) is 0 Å². The van der Waals surface area contributed by atoms with Gasteiger partial charge in [-0.3, -0.25) is 9.59 Å². The molecular formula is C74H127NO8. The number of carboxylic acid groups (broad SMARTS) is 1. The zero-order valence-corrected chi connectivity index (χ0v) is 54.3. The molecule has 0 heterocycles. The summed E-state index contributed by atoms with van der Waals surface area (Å²) >= 11 is 0. The van der Waals surface area contributed by atoms with Crippen LogP contribution in [0.25, 0.3) is 0 Å². The predicted molar refractivity (Wildman–Crippen MR) is 352 cm³/mol. The number of allylic oxidation sites excluding steroid dienone is 18. The van der Waals surface area contributed by atoms with Gasteiger partial charge in [0.25, 0.3) is 0 Å². The Morgan fingerprint density at radius 1 is 0.373 bits per heavy atom. The topological polar surface area (TPSA) is 111 Å². The molecule has 0 aromatic heterocycles. The van der Waals surface area contributed by atoms with Crippen molar-refractivity contribution < 1.29 is 42.9 Å². The third-order valence-corrected chi connectivity index (χ3v) is 14.5. The fourth-order valence-electron chi connectivity index (χ4n) is 9.31. The van der Waals surface area contributed by atoms with Crippen LogP contribution >= 0.6 is 0 Å². The number of hydrogen-bond acceptors (Lipinski definition) is 8. The monoisotopic (exact) mass is 1160 g/mol. The quantitative estimate of drug-likeness (QED) is 0.0195. The maximum absolute atomic E-state index is 12.9. The molecule has 2 atom stereocenters. The lowest BCUT2D eigenvalue weighted by atomic mass is 10.0. The fourth-order valence-corrected chi connectivity index (χ4v) is 9.31. The van der Waals surface area contributed by atoms with E-state index >= 15 is 0 Å². The molecule has 0 spiro atoms. The van der Waals surface area contributed by atoms with E-state index in [-0.39, 0.29) is 38.6 Å². The smallest absolute Gasteiger partial charge is 0.306 e. The molecule has 0 saturated carbocycles. The molecule has 0 aliphatic carbocycles. The van der Waals surface area contributed by atoms with Crippen molar-refractivity contribution in [2.45, 2.75) is 296 Å². The first-order valence-electron chi connectivity index (χ1n) is 34.0. The van der Waals surface area contributed by atoms with Crippen LogP contribution in [0.1, 0.15) is 284 Å². The molecule has 0 aliphatic heterocycles. The molecule has 0 bridgehead atoms. The number of esters is 2. The third kappa shape index (κ3) is 65.3. The molecule has 9 heteroatoms. The summed E-state index contributed by atoms with van der Waals surface area (Å²) in [5.41, 5.74) is 0. The van der Waals surface area contributed by atoms with E-state index in [9.17, 15) is 19.5 Å². The standard InChI is InChI=1S/C74H127NO8/c1-6-8-10-12-14-16-18-20-22-24-26-28-30-32-33-34-35-36-37-38-39-41-42-44-46-48-50-52-54-56-58-60-62-64-71(76)81-68-70(69-82-74(73(78)79)80-67-66-75(3,4)5)83-72(77)65-63-61-59-57-55-53-51-49-47-45-43-40-31-29-27-25-23-21-19-17-15-13-11-9-7-2/h9,11,15,17-18,20-21,23-24,26-27,29-30,32,40,43,47,49,70,74H,6-8,10,12-14,16,19,22,25,28,31,33-39,41-42,44-46,48,50-69H2,1-5H3/b11-9-,17-15-,20-18-,23-21-,26-24-,29-27-,32-30-,43-40-,49-47-. The summed E-state index contributed by atoms with van der Waals surface area (Å²) < 4.78 is 22.8. The van der Waals surface area contributed by atoms with Crippen LogP contribution in [0.15, 0.2) is 109 Å². The lowest BCUT2D eigenvalue weighted by molar-refractivity contribution is -0.870. The van der Waals surface area contributed by atoms with Gasteiger partial charge in [0.05, 0.1) is 40.3 Å². The molecular weight excluding hydrogens is 1030 g/mol. The number of rotatable bonds is 62. The van der Waals surface area contributed by atoms with Crippen molar-refractivity contribution in [1.82, 2.24) is 0 Å². The van der Waals surface area contributed by atoms with E-state index in [0.717, 1.165) is 109 Å². The Hall–Kier alpha value is -4.05. The average molecular weight is 1160 g/mol. The van der Waals surface area contributed by atoms with Crippen molar-refractivity contribution in [3.8, 4) is 0 Å². The van der Waals surface area contributed by atoms with Gasteiger partial charge in [0.1, 0.15) is 13.2 Å². The Balaban J connectivity index is 4.15. The van der Waals surface area contributed by atoms with Gasteiger partial charge in [0.2, 0.25) is 0 Å². The van der Waals surface area contributed by atoms with Crippen molar-refractivity contribution in [3.05, 3.63) is 109 Å². The van der Waals surface area contributed by atoms with E-state index < -0.39 is 24.3 Å². The Labute approximate surface area is 511 Å². The molecule has 0 saturated heterocycles. The number of aliphatic carboxylic acids is 1. The highest BCUT2D eigenvalue weighted by Crippen LogP contribution is 2.17. The van der Waals surface area contributed by atoms with Crippen molar-refractivity contribution >= 4 is 17.9 Å². The predicted octanol–water partition coefficient (Wildman–Crippen LogP) is 19.7. The first-order chi connectivity index (χ1) is 40.6. The first-order valence-corrected chi connectivity index (χ1v) is 34.0. The second kappa shape index (κ2) is 64.0. The van der Waals surface area contributed by atoms with E-state index in [0.29, 0.717) is 17.4 Å². The van der Waals surface area contributed by atoms with Crippen LogP contribution in [0.5, 0.6) is 0 Å². The lowest BCUT2D eigenvalue weighted by Gasteiger charge is -2.26. The summed E-state index contributed by atoms with van der Waals surface area (Å²) in [7, 11) is 5.92. The molecule has 0 amide bonds. The van der Waals surface area contributed by atoms with Crippen LogP contribution in [0.3, 0.4) is 0 Å². The van der Waals surface area contributed by atoms with E-state index in [1.54, 1.807) is 0 Å². The number of carbonyl (C=O) groups excluding carboxylic acids is 3. The Morgan fingerprint density at radius 3 is 1.02 bits per heavy atom. The molecule has 0 aromatic rings. The number of quaternary nitrogens is 1. The summed E-state index contributed by atoms with van der Waals surface area (Å²) in [5.74, 6) is -2.30. The minimum atomic E-state index is -1.63. The first kappa shape index (κ1) is 79.0. The number of hydrogen-bond donors (Lipinski definition) is 0. The number of carboxylic acids is 1. The van der Waals surface area contributed by atoms with Crippen LogP contribution in [-0.2, 0) is 33.3 Å². The fraction of sp³-hybridized carbons (Fsp3) is 0.716. The minimum Gasteiger partial charge on any atom is -0.545 e. The summed E-state index contributed by atoms with van der Waals surface area (Å²) in [5, 5.41) is 11.8. The summed E-state index contributed by atoms with van der Waals surface area (Å²) in [6, 6.07) is 0. The van der Waals surface area contributed by atoms with Gasteiger partial charge in [-0.05, 0) is 103 Å². The molecule has 0 rings (SSSR count). The van der Waals surface area contributed by atoms with Crippen molar-refractivity contribution in [3.63, 3.8) is 0 Å². The molecule has 0 aromatic carbocycles. The van der Waals surface area contributed by atoms with E-state index in [1.165, 1.54) is 141 Å². The molecule has 0 radical (unpaired) electrons. The highest BCUT2D eigenvalue weighted by atomic mass is 16.7. The molecule has 9 nitrogen and oxygen atoms in total. The molecule has 0 aliphatic rings. The average Bonchev–Trinajstić information content (AvgIpc) is 3.46. The zero-order chi connectivity index (χ0) is 60.5. The maximum atomic E-state index is 12.9. The Kier molecular flexibility index (Phi) is 60.8. The molecule has 0 N–H and O–H groups in total. The van der Waals surface area contributed by atoms with E-state index in [1.807, 2.05) is 21.1 Å². The number of likely N-dealkylation sites (N-methyl/N-ethyl adjacent to an activating group) is 1. The zero-order valence-electron chi connectivity index (χ0n) is 54.3. The van der Waals surface area contributed by atoms with Crippen molar-refractivity contribution in [2.75, 3.05) is 47.5 Å². The Bertz CT molecular complexity index is 1730. The number of nitrogens with zero attached hydrogens (tertiary/aromatic N) is 1. The minimum absolute atomic E-state index is 0.140. The Morgan fingerprint density at radius 2 is 0.687 bits per heavy atom. The lowest BCUT2D eigenvalue weighted by Crippen LogP contribution is -2.44. The van der Waals surface area contributed by atoms with Gasteiger partial charge in [-0.25, -0.2) is 0 Å². The maximum Gasteiger partial charge on any atom is 0.306 e. The van der Waals surface area contributed by atoms with Crippen LogP contribution in [-0.4, -0.2) is 82.3 Å². The van der Waals surface area contributed by atoms with Gasteiger partial charge in [0, 0.05) is 12.8 Å². The normalized spacial score (nSPS) is 13.4. The van der Waals surface area contributed by atoms with Gasteiger partial charge >= 0.3 is 11.9 Å². The van der Waals surface area contributed by atoms with E-state index in [2.05, 4.69) is 123 Å². The molecule has 0 fully saturated rings. The number of ether oxygens (including phenoxy) is 4. The molecule has 83 heavy (non-hydrogen) atoms. The van der Waals surface area contributed by atoms with Gasteiger partial charge < -0.3 is 33.3 Å². The van der Waals surface area contributed by atoms with Crippen LogP contribution in [0.4, 0.5) is 0 Å². The molecule has 476 valence electrons. The van der Waals surface area contributed by atoms with E-state index in [4.69, 9.17) is 18.9 Å².